The van der Waals surface area contributed by atoms with Gasteiger partial charge in [0.05, 0.1) is 15.2 Å². The Labute approximate surface area is 169 Å². The highest BCUT2D eigenvalue weighted by molar-refractivity contribution is 7.21. The van der Waals surface area contributed by atoms with E-state index in [1.807, 2.05) is 36.4 Å². The lowest BCUT2D eigenvalue weighted by Gasteiger charge is -2.08. The van der Waals surface area contributed by atoms with Gasteiger partial charge in [-0.1, -0.05) is 23.7 Å². The van der Waals surface area contributed by atoms with Gasteiger partial charge < -0.3 is 14.8 Å². The highest BCUT2D eigenvalue weighted by Crippen LogP contribution is 2.36. The van der Waals surface area contributed by atoms with Crippen molar-refractivity contribution in [1.29, 1.82) is 0 Å². The number of thiazole rings is 1. The summed E-state index contributed by atoms with van der Waals surface area (Å²) < 4.78 is 11.7. The van der Waals surface area contributed by atoms with Gasteiger partial charge in [-0.25, -0.2) is 4.98 Å². The van der Waals surface area contributed by atoms with Crippen LogP contribution in [-0.4, -0.2) is 17.7 Å². The number of fused-ring (bicyclic) bond motifs is 2. The second-order valence-electron chi connectivity index (χ2n) is 6.20. The van der Waals surface area contributed by atoms with Crippen LogP contribution in [0.4, 0.5) is 5.69 Å². The fourth-order valence-corrected chi connectivity index (χ4v) is 4.33. The van der Waals surface area contributed by atoms with Gasteiger partial charge in [-0.3, -0.25) is 4.79 Å². The Kier molecular flexibility index (Phi) is 4.15. The number of nitrogens with zero attached hydrogens (tertiary/aromatic N) is 1. The van der Waals surface area contributed by atoms with E-state index < -0.39 is 0 Å². The average Bonchev–Trinajstić information content (AvgIpc) is 3.34. The summed E-state index contributed by atoms with van der Waals surface area (Å²) in [7, 11) is 0. The maximum Gasteiger partial charge on any atom is 0.255 e. The number of rotatable bonds is 3. The average molecular weight is 409 g/mol. The predicted molar refractivity (Wildman–Crippen MR) is 111 cm³/mol. The SMILES string of the molecule is O=C(Nc1ccc(-c2nc3ccccc3s2)c(Cl)c1)c1ccc2c(c1)OCO2. The molecule has 4 aromatic rings. The van der Waals surface area contributed by atoms with Crippen molar-refractivity contribution in [2.75, 3.05) is 12.1 Å². The molecule has 28 heavy (non-hydrogen) atoms. The van der Waals surface area contributed by atoms with Crippen molar-refractivity contribution in [3.05, 3.63) is 71.2 Å². The van der Waals surface area contributed by atoms with Crippen LogP contribution in [-0.2, 0) is 0 Å². The summed E-state index contributed by atoms with van der Waals surface area (Å²) in [6.45, 7) is 0.170. The van der Waals surface area contributed by atoms with Crippen molar-refractivity contribution < 1.29 is 14.3 Å². The minimum Gasteiger partial charge on any atom is -0.454 e. The van der Waals surface area contributed by atoms with Crippen molar-refractivity contribution in [2.24, 2.45) is 0 Å². The monoisotopic (exact) mass is 408 g/mol. The molecule has 1 N–H and O–H groups in total. The van der Waals surface area contributed by atoms with Crippen LogP contribution in [0, 0.1) is 0 Å². The van der Waals surface area contributed by atoms with Crippen LogP contribution >= 0.6 is 22.9 Å². The molecule has 1 aromatic heterocycles. The molecule has 2 heterocycles. The summed E-state index contributed by atoms with van der Waals surface area (Å²) in [6.07, 6.45) is 0. The number of hydrogen-bond acceptors (Lipinski definition) is 5. The van der Waals surface area contributed by atoms with Crippen molar-refractivity contribution in [3.63, 3.8) is 0 Å². The van der Waals surface area contributed by atoms with E-state index in [4.69, 9.17) is 21.1 Å². The molecule has 1 aliphatic rings. The smallest absolute Gasteiger partial charge is 0.255 e. The van der Waals surface area contributed by atoms with Gasteiger partial charge in [0.1, 0.15) is 5.01 Å². The lowest BCUT2D eigenvalue weighted by atomic mass is 10.1. The van der Waals surface area contributed by atoms with E-state index in [1.54, 1.807) is 35.6 Å². The Balaban J connectivity index is 1.39. The molecule has 5 nitrogen and oxygen atoms in total. The largest absolute Gasteiger partial charge is 0.454 e. The number of amides is 1. The van der Waals surface area contributed by atoms with E-state index in [-0.39, 0.29) is 12.7 Å². The van der Waals surface area contributed by atoms with E-state index in [1.165, 1.54) is 0 Å². The summed E-state index contributed by atoms with van der Waals surface area (Å²) in [5, 5.41) is 4.24. The van der Waals surface area contributed by atoms with E-state index in [0.29, 0.717) is 27.8 Å². The Morgan fingerprint density at radius 3 is 2.75 bits per heavy atom. The van der Waals surface area contributed by atoms with Crippen molar-refractivity contribution in [3.8, 4) is 22.1 Å². The molecule has 0 aliphatic carbocycles. The van der Waals surface area contributed by atoms with Crippen molar-refractivity contribution in [1.82, 2.24) is 4.98 Å². The van der Waals surface area contributed by atoms with Crippen LogP contribution in [0.1, 0.15) is 10.4 Å². The van der Waals surface area contributed by atoms with E-state index in [2.05, 4.69) is 10.3 Å². The van der Waals surface area contributed by atoms with Gasteiger partial charge in [0.15, 0.2) is 11.5 Å². The fourth-order valence-electron chi connectivity index (χ4n) is 2.99. The number of nitrogens with one attached hydrogen (secondary N) is 1. The molecular weight excluding hydrogens is 396 g/mol. The molecular formula is C21H13ClN2O3S. The summed E-state index contributed by atoms with van der Waals surface area (Å²) in [6, 6.07) is 18.5. The summed E-state index contributed by atoms with van der Waals surface area (Å²) in [5.41, 5.74) is 2.87. The third kappa shape index (κ3) is 3.06. The third-order valence-corrected chi connectivity index (χ3v) is 5.77. The number of ether oxygens (including phenoxy) is 2. The number of halogens is 1. The first-order valence-corrected chi connectivity index (χ1v) is 9.73. The number of para-hydroxylation sites is 1. The van der Waals surface area contributed by atoms with Crippen LogP contribution in [0.25, 0.3) is 20.8 Å². The number of hydrogen-bond donors (Lipinski definition) is 1. The number of anilines is 1. The standard InChI is InChI=1S/C21H13ClN2O3S/c22-15-10-13(23-20(25)12-5-8-17-18(9-12)27-11-26-17)6-7-14(15)21-24-16-3-1-2-4-19(16)28-21/h1-10H,11H2,(H,23,25). The molecule has 7 heteroatoms. The number of carbonyl (C=O) groups is 1. The van der Waals surface area contributed by atoms with Crippen LogP contribution in [0.5, 0.6) is 11.5 Å². The van der Waals surface area contributed by atoms with Crippen molar-refractivity contribution in [2.45, 2.75) is 0 Å². The summed E-state index contributed by atoms with van der Waals surface area (Å²) in [5.74, 6) is 0.957. The third-order valence-electron chi connectivity index (χ3n) is 4.39. The van der Waals surface area contributed by atoms with Gasteiger partial charge in [0, 0.05) is 16.8 Å². The normalized spacial score (nSPS) is 12.3. The van der Waals surface area contributed by atoms with Gasteiger partial charge >= 0.3 is 0 Å². The minimum atomic E-state index is -0.248. The van der Waals surface area contributed by atoms with Gasteiger partial charge in [0.25, 0.3) is 5.91 Å². The number of aromatic nitrogens is 1. The maximum absolute atomic E-state index is 12.5. The van der Waals surface area contributed by atoms with Gasteiger partial charge in [0.2, 0.25) is 6.79 Å². The van der Waals surface area contributed by atoms with Gasteiger partial charge in [-0.05, 0) is 48.5 Å². The molecule has 1 aliphatic heterocycles. The lowest BCUT2D eigenvalue weighted by molar-refractivity contribution is 0.102. The first-order valence-electron chi connectivity index (χ1n) is 8.54. The maximum atomic E-state index is 12.5. The van der Waals surface area contributed by atoms with Crippen LogP contribution in [0.3, 0.4) is 0 Å². The lowest BCUT2D eigenvalue weighted by Crippen LogP contribution is -2.11. The molecule has 138 valence electrons. The van der Waals surface area contributed by atoms with E-state index in [9.17, 15) is 4.79 Å². The highest BCUT2D eigenvalue weighted by Gasteiger charge is 2.17. The van der Waals surface area contributed by atoms with Crippen LogP contribution < -0.4 is 14.8 Å². The van der Waals surface area contributed by atoms with Gasteiger partial charge in [-0.15, -0.1) is 11.3 Å². The highest BCUT2D eigenvalue weighted by atomic mass is 35.5. The Morgan fingerprint density at radius 2 is 1.89 bits per heavy atom. The quantitative estimate of drug-likeness (QED) is 0.479. The molecule has 0 spiro atoms. The molecule has 0 bridgehead atoms. The summed E-state index contributed by atoms with van der Waals surface area (Å²) >= 11 is 8.06. The summed E-state index contributed by atoms with van der Waals surface area (Å²) in [4.78, 5) is 17.2. The van der Waals surface area contributed by atoms with E-state index >= 15 is 0 Å². The Bertz CT molecular complexity index is 1190. The first-order chi connectivity index (χ1) is 13.7. The number of benzene rings is 3. The molecule has 0 saturated carbocycles. The zero-order chi connectivity index (χ0) is 19.1. The first kappa shape index (κ1) is 17.0. The zero-order valence-electron chi connectivity index (χ0n) is 14.4. The topological polar surface area (TPSA) is 60.5 Å². The second kappa shape index (κ2) is 6.82. The molecule has 0 radical (unpaired) electrons. The molecule has 3 aromatic carbocycles. The van der Waals surface area contributed by atoms with E-state index in [0.717, 1.165) is 20.8 Å². The molecule has 0 fully saturated rings. The second-order valence-corrected chi connectivity index (χ2v) is 7.64. The predicted octanol–water partition coefficient (Wildman–Crippen LogP) is 5.60. The molecule has 0 atom stereocenters. The zero-order valence-corrected chi connectivity index (χ0v) is 16.0. The van der Waals surface area contributed by atoms with Crippen LogP contribution in [0.15, 0.2) is 60.7 Å². The molecule has 5 rings (SSSR count). The van der Waals surface area contributed by atoms with Crippen molar-refractivity contribution >= 4 is 44.7 Å². The number of carbonyl (C=O) groups excluding carboxylic acids is 1. The molecule has 0 unspecified atom stereocenters. The fraction of sp³-hybridized carbons (Fsp3) is 0.0476. The minimum absolute atomic E-state index is 0.170. The Hall–Kier alpha value is -3.09. The molecule has 0 saturated heterocycles. The Morgan fingerprint density at radius 1 is 1.04 bits per heavy atom. The molecule has 1 amide bonds. The van der Waals surface area contributed by atoms with Crippen LogP contribution in [0.2, 0.25) is 5.02 Å². The van der Waals surface area contributed by atoms with Gasteiger partial charge in [-0.2, -0.15) is 0 Å².